The first-order chi connectivity index (χ1) is 4.31. The minimum absolute atomic E-state index is 0.310. The Kier molecular flexibility index (Phi) is 4.04. The van der Waals surface area contributed by atoms with Gasteiger partial charge in [0.25, 0.3) is 0 Å². The molecule has 0 aromatic carbocycles. The van der Waals surface area contributed by atoms with Crippen molar-refractivity contribution >= 4 is 12.2 Å². The van der Waals surface area contributed by atoms with Gasteiger partial charge in [-0.1, -0.05) is 18.7 Å². The molecule has 0 aliphatic heterocycles. The monoisotopic (exact) mass is 123 g/mol. The lowest BCUT2D eigenvalue weighted by molar-refractivity contribution is 1.50. The molecule has 0 fully saturated rings. The first kappa shape index (κ1) is 7.62. The van der Waals surface area contributed by atoms with E-state index in [0.717, 1.165) is 6.34 Å². The molecule has 0 radical (unpaired) electrons. The number of nitrogens with one attached hydrogen (secondary N) is 1. The van der Waals surface area contributed by atoms with E-state index < -0.39 is 0 Å². The second kappa shape index (κ2) is 4.77. The highest BCUT2D eigenvalue weighted by molar-refractivity contribution is 5.95. The van der Waals surface area contributed by atoms with E-state index in [4.69, 9.17) is 11.1 Å². The van der Waals surface area contributed by atoms with Crippen molar-refractivity contribution in [2.75, 3.05) is 0 Å². The number of allylic oxidation sites excluding steroid dienone is 2. The zero-order valence-electron chi connectivity index (χ0n) is 5.04. The Labute approximate surface area is 54.1 Å². The third kappa shape index (κ3) is 4.47. The van der Waals surface area contributed by atoms with E-state index in [0.29, 0.717) is 5.84 Å². The van der Waals surface area contributed by atoms with E-state index in [1.54, 1.807) is 18.2 Å². The molecule has 0 aliphatic carbocycles. The highest BCUT2D eigenvalue weighted by atomic mass is 14.9. The Morgan fingerprint density at radius 1 is 1.67 bits per heavy atom. The number of nitrogens with two attached hydrogens (primary N) is 1. The third-order valence-electron chi connectivity index (χ3n) is 0.617. The Hall–Kier alpha value is -1.38. The molecule has 0 aliphatic rings. The molecule has 0 bridgehead atoms. The first-order valence-corrected chi connectivity index (χ1v) is 2.42. The fourth-order valence-electron chi connectivity index (χ4n) is 0.284. The maximum Gasteiger partial charge on any atom is 0.125 e. The van der Waals surface area contributed by atoms with E-state index in [1.165, 1.54) is 0 Å². The average molecular weight is 123 g/mol. The van der Waals surface area contributed by atoms with Crippen molar-refractivity contribution in [2.24, 2.45) is 10.7 Å². The Bertz CT molecular complexity index is 156. The second-order valence-corrected chi connectivity index (χ2v) is 1.28. The van der Waals surface area contributed by atoms with Gasteiger partial charge in [0.05, 0.1) is 0 Å². The molecule has 9 heavy (non-hydrogen) atoms. The summed E-state index contributed by atoms with van der Waals surface area (Å²) in [7, 11) is 0. The van der Waals surface area contributed by atoms with E-state index >= 15 is 0 Å². The van der Waals surface area contributed by atoms with Gasteiger partial charge in [0.15, 0.2) is 0 Å². The second-order valence-electron chi connectivity index (χ2n) is 1.28. The highest BCUT2D eigenvalue weighted by Crippen LogP contribution is 1.72. The van der Waals surface area contributed by atoms with Gasteiger partial charge in [0, 0.05) is 0 Å². The van der Waals surface area contributed by atoms with Gasteiger partial charge in [0.1, 0.15) is 12.2 Å². The normalized spacial score (nSPS) is 11.8. The van der Waals surface area contributed by atoms with Crippen LogP contribution in [0.4, 0.5) is 0 Å². The van der Waals surface area contributed by atoms with Crippen molar-refractivity contribution < 1.29 is 0 Å². The maximum absolute atomic E-state index is 6.52. The smallest absolute Gasteiger partial charge is 0.125 e. The van der Waals surface area contributed by atoms with Crippen LogP contribution >= 0.6 is 0 Å². The standard InChI is InChI=1S/C6H9N3/c1-2-3-4-6(8)9-5-7/h2-5H,1H2,(H3,7,8,9)/b4-3-. The number of nitrogens with zero attached hydrogens (tertiary/aromatic N) is 1. The zero-order chi connectivity index (χ0) is 7.11. The molecule has 3 N–H and O–H groups in total. The van der Waals surface area contributed by atoms with Crippen molar-refractivity contribution in [3.63, 3.8) is 0 Å². The van der Waals surface area contributed by atoms with E-state index in [2.05, 4.69) is 11.6 Å². The number of amidine groups is 1. The Morgan fingerprint density at radius 3 is 2.78 bits per heavy atom. The molecule has 48 valence electrons. The molecule has 0 amide bonds. The van der Waals surface area contributed by atoms with Crippen LogP contribution in [-0.4, -0.2) is 12.2 Å². The lowest BCUT2D eigenvalue weighted by atomic mass is 10.4. The summed E-state index contributed by atoms with van der Waals surface area (Å²) in [6.45, 7) is 3.44. The largest absolute Gasteiger partial charge is 0.384 e. The van der Waals surface area contributed by atoms with Gasteiger partial charge in [-0.05, 0) is 6.08 Å². The van der Waals surface area contributed by atoms with Gasteiger partial charge in [-0.25, -0.2) is 4.99 Å². The number of hydrogen-bond acceptors (Lipinski definition) is 1. The first-order valence-electron chi connectivity index (χ1n) is 2.42. The summed E-state index contributed by atoms with van der Waals surface area (Å²) in [6, 6.07) is 0. The molecule has 3 nitrogen and oxygen atoms in total. The van der Waals surface area contributed by atoms with Crippen molar-refractivity contribution in [3.8, 4) is 0 Å². The molecule has 0 unspecified atom stereocenters. The predicted molar refractivity (Wildman–Crippen MR) is 39.7 cm³/mol. The lowest BCUT2D eigenvalue weighted by Gasteiger charge is -1.82. The topological polar surface area (TPSA) is 62.2 Å². The van der Waals surface area contributed by atoms with Crippen LogP contribution in [0.1, 0.15) is 0 Å². The van der Waals surface area contributed by atoms with E-state index in [9.17, 15) is 0 Å². The molecule has 0 aromatic heterocycles. The summed E-state index contributed by atoms with van der Waals surface area (Å²) in [5.74, 6) is 0.310. The van der Waals surface area contributed by atoms with Crippen molar-refractivity contribution in [1.82, 2.24) is 0 Å². The van der Waals surface area contributed by atoms with Crippen LogP contribution in [0.3, 0.4) is 0 Å². The summed E-state index contributed by atoms with van der Waals surface area (Å²) in [4.78, 5) is 3.46. The Balaban J connectivity index is 3.88. The lowest BCUT2D eigenvalue weighted by Crippen LogP contribution is -2.06. The molecule has 0 saturated heterocycles. The number of rotatable bonds is 3. The molecular formula is C6H9N3. The SMILES string of the molecule is C=C/C=C\C(N)=NC=N. The van der Waals surface area contributed by atoms with Crippen LogP contribution in [0.15, 0.2) is 29.8 Å². The van der Waals surface area contributed by atoms with Gasteiger partial charge >= 0.3 is 0 Å². The van der Waals surface area contributed by atoms with Crippen molar-refractivity contribution in [1.29, 1.82) is 5.41 Å². The zero-order valence-corrected chi connectivity index (χ0v) is 5.04. The van der Waals surface area contributed by atoms with Crippen LogP contribution in [0, 0.1) is 5.41 Å². The summed E-state index contributed by atoms with van der Waals surface area (Å²) in [5, 5.41) is 6.52. The van der Waals surface area contributed by atoms with Gasteiger partial charge in [-0.2, -0.15) is 0 Å². The van der Waals surface area contributed by atoms with Crippen LogP contribution in [0.2, 0.25) is 0 Å². The average Bonchev–Trinajstić information content (AvgIpc) is 1.85. The molecule has 3 heteroatoms. The van der Waals surface area contributed by atoms with Gasteiger partial charge < -0.3 is 5.73 Å². The Morgan fingerprint density at radius 2 is 2.33 bits per heavy atom. The quantitative estimate of drug-likeness (QED) is 0.324. The maximum atomic E-state index is 6.52. The fraction of sp³-hybridized carbons (Fsp3) is 0. The van der Waals surface area contributed by atoms with Crippen molar-refractivity contribution in [3.05, 3.63) is 24.8 Å². The molecule has 0 spiro atoms. The van der Waals surface area contributed by atoms with Crippen molar-refractivity contribution in [2.45, 2.75) is 0 Å². The van der Waals surface area contributed by atoms with Crippen LogP contribution < -0.4 is 5.73 Å². The number of hydrogen-bond donors (Lipinski definition) is 2. The van der Waals surface area contributed by atoms with E-state index in [-0.39, 0.29) is 0 Å². The third-order valence-corrected chi connectivity index (χ3v) is 0.617. The summed E-state index contributed by atoms with van der Waals surface area (Å²) < 4.78 is 0. The van der Waals surface area contributed by atoms with Gasteiger partial charge in [-0.3, -0.25) is 5.41 Å². The van der Waals surface area contributed by atoms with E-state index in [1.807, 2.05) is 0 Å². The van der Waals surface area contributed by atoms with Gasteiger partial charge in [-0.15, -0.1) is 0 Å². The molecule has 0 saturated carbocycles. The highest BCUT2D eigenvalue weighted by Gasteiger charge is 1.75. The predicted octanol–water partition coefficient (Wildman–Crippen LogP) is 0.693. The molecular weight excluding hydrogens is 114 g/mol. The summed E-state index contributed by atoms with van der Waals surface area (Å²) >= 11 is 0. The fourth-order valence-corrected chi connectivity index (χ4v) is 0.284. The molecule has 0 aromatic rings. The van der Waals surface area contributed by atoms with Crippen LogP contribution in [0.5, 0.6) is 0 Å². The van der Waals surface area contributed by atoms with Crippen LogP contribution in [0.25, 0.3) is 0 Å². The van der Waals surface area contributed by atoms with Crippen LogP contribution in [-0.2, 0) is 0 Å². The minimum Gasteiger partial charge on any atom is -0.384 e. The summed E-state index contributed by atoms with van der Waals surface area (Å²) in [6.07, 6.45) is 5.70. The minimum atomic E-state index is 0.310. The number of aliphatic imine (C=N–C) groups is 1. The summed E-state index contributed by atoms with van der Waals surface area (Å²) in [5.41, 5.74) is 5.23. The molecule has 0 atom stereocenters. The molecule has 0 heterocycles. The molecule has 0 rings (SSSR count). The van der Waals surface area contributed by atoms with Gasteiger partial charge in [0.2, 0.25) is 0 Å².